The zero-order valence-electron chi connectivity index (χ0n) is 9.32. The summed E-state index contributed by atoms with van der Waals surface area (Å²) in [6.45, 7) is 3.88. The van der Waals surface area contributed by atoms with Gasteiger partial charge in [0, 0.05) is 18.9 Å². The zero-order valence-corrected chi connectivity index (χ0v) is 9.32. The molecule has 0 aliphatic rings. The molecular weight excluding hydrogens is 192 g/mol. The maximum atomic E-state index is 5.80. The molecular formula is C10H18N4O. The minimum atomic E-state index is -0.151. The molecule has 0 bridgehead atoms. The first-order valence-electron chi connectivity index (χ1n) is 4.81. The minimum Gasteiger partial charge on any atom is -0.383 e. The Bertz CT molecular complexity index is 329. The van der Waals surface area contributed by atoms with Gasteiger partial charge < -0.3 is 10.5 Å². The summed E-state index contributed by atoms with van der Waals surface area (Å²) in [5, 5.41) is 0. The average molecular weight is 210 g/mol. The second-order valence-electron chi connectivity index (χ2n) is 3.57. The molecule has 5 heteroatoms. The number of pyridine rings is 1. The third-order valence-electron chi connectivity index (χ3n) is 2.44. The largest absolute Gasteiger partial charge is 0.383 e. The fourth-order valence-corrected chi connectivity index (χ4v) is 1.47. The summed E-state index contributed by atoms with van der Waals surface area (Å²) < 4.78 is 5.23. The third-order valence-corrected chi connectivity index (χ3v) is 2.44. The molecule has 84 valence electrons. The van der Waals surface area contributed by atoms with Crippen molar-refractivity contribution in [3.05, 3.63) is 23.4 Å². The normalized spacial score (nSPS) is 14.9. The summed E-state index contributed by atoms with van der Waals surface area (Å²) in [6.07, 6.45) is 1.66. The lowest BCUT2D eigenvalue weighted by molar-refractivity contribution is 0.0832. The number of anilines is 1. The highest BCUT2D eigenvalue weighted by Crippen LogP contribution is 2.23. The first-order valence-corrected chi connectivity index (χ1v) is 4.81. The van der Waals surface area contributed by atoms with Crippen LogP contribution in [0.2, 0.25) is 0 Å². The van der Waals surface area contributed by atoms with E-state index >= 15 is 0 Å². The van der Waals surface area contributed by atoms with E-state index in [0.29, 0.717) is 5.82 Å². The second kappa shape index (κ2) is 5.06. The summed E-state index contributed by atoms with van der Waals surface area (Å²) in [5.41, 5.74) is 10.4. The van der Waals surface area contributed by atoms with E-state index in [2.05, 4.69) is 10.4 Å². The van der Waals surface area contributed by atoms with E-state index in [4.69, 9.17) is 16.3 Å². The van der Waals surface area contributed by atoms with Crippen LogP contribution in [-0.2, 0) is 4.74 Å². The van der Waals surface area contributed by atoms with E-state index in [1.54, 1.807) is 13.3 Å². The Balaban J connectivity index is 3.05. The molecule has 1 aromatic rings. The highest BCUT2D eigenvalue weighted by Gasteiger charge is 2.20. The highest BCUT2D eigenvalue weighted by molar-refractivity contribution is 5.43. The quantitative estimate of drug-likeness (QED) is 0.498. The van der Waals surface area contributed by atoms with Gasteiger partial charge in [-0.15, -0.1) is 0 Å². The number of hydrogen-bond donors (Lipinski definition) is 3. The van der Waals surface area contributed by atoms with Crippen LogP contribution in [0.3, 0.4) is 0 Å². The smallest absolute Gasteiger partial charge is 0.128 e. The lowest BCUT2D eigenvalue weighted by atomic mass is 10.0. The van der Waals surface area contributed by atoms with Gasteiger partial charge in [0.2, 0.25) is 0 Å². The highest BCUT2D eigenvalue weighted by atomic mass is 16.5. The van der Waals surface area contributed by atoms with E-state index in [0.717, 1.165) is 11.1 Å². The van der Waals surface area contributed by atoms with Gasteiger partial charge in [0.25, 0.3) is 0 Å². The molecule has 0 aliphatic carbocycles. The second-order valence-corrected chi connectivity index (χ2v) is 3.57. The van der Waals surface area contributed by atoms with E-state index in [-0.39, 0.29) is 12.1 Å². The summed E-state index contributed by atoms with van der Waals surface area (Å²) >= 11 is 0. The van der Waals surface area contributed by atoms with Gasteiger partial charge >= 0.3 is 0 Å². The molecule has 0 aromatic carbocycles. The SMILES string of the molecule is COC(C)C(NN)c1cc(C)cnc1N. The number of hydrazine groups is 1. The van der Waals surface area contributed by atoms with Crippen molar-refractivity contribution < 1.29 is 4.74 Å². The Labute approximate surface area is 89.8 Å². The minimum absolute atomic E-state index is 0.0686. The molecule has 0 aliphatic heterocycles. The van der Waals surface area contributed by atoms with Crippen LogP contribution in [0.25, 0.3) is 0 Å². The van der Waals surface area contributed by atoms with Crippen molar-refractivity contribution in [2.45, 2.75) is 26.0 Å². The number of nitrogens with one attached hydrogen (secondary N) is 1. The predicted molar refractivity (Wildman–Crippen MR) is 59.9 cm³/mol. The summed E-state index contributed by atoms with van der Waals surface area (Å²) in [5.74, 6) is 5.97. The zero-order chi connectivity index (χ0) is 11.4. The Morgan fingerprint density at radius 3 is 2.73 bits per heavy atom. The van der Waals surface area contributed by atoms with Crippen LogP contribution in [-0.4, -0.2) is 18.2 Å². The van der Waals surface area contributed by atoms with E-state index < -0.39 is 0 Å². The number of hydrogen-bond acceptors (Lipinski definition) is 5. The molecule has 0 amide bonds. The molecule has 2 atom stereocenters. The number of nitrogens with zero attached hydrogens (tertiary/aromatic N) is 1. The van der Waals surface area contributed by atoms with Crippen LogP contribution in [0.15, 0.2) is 12.3 Å². The Morgan fingerprint density at radius 1 is 1.53 bits per heavy atom. The topological polar surface area (TPSA) is 86.2 Å². The van der Waals surface area contributed by atoms with Gasteiger partial charge in [-0.2, -0.15) is 0 Å². The summed E-state index contributed by atoms with van der Waals surface area (Å²) in [4.78, 5) is 4.09. The maximum absolute atomic E-state index is 5.80. The number of methoxy groups -OCH3 is 1. The van der Waals surface area contributed by atoms with Gasteiger partial charge in [0.15, 0.2) is 0 Å². The van der Waals surface area contributed by atoms with Crippen molar-refractivity contribution in [2.75, 3.05) is 12.8 Å². The fraction of sp³-hybridized carbons (Fsp3) is 0.500. The number of aryl methyl sites for hydroxylation is 1. The molecule has 5 nitrogen and oxygen atoms in total. The van der Waals surface area contributed by atoms with Crippen LogP contribution in [0, 0.1) is 6.92 Å². The number of nitrogen functional groups attached to an aromatic ring is 1. The lowest BCUT2D eigenvalue weighted by Gasteiger charge is -2.23. The Morgan fingerprint density at radius 2 is 2.20 bits per heavy atom. The molecule has 0 saturated carbocycles. The maximum Gasteiger partial charge on any atom is 0.128 e. The van der Waals surface area contributed by atoms with Crippen molar-refractivity contribution >= 4 is 5.82 Å². The molecule has 0 spiro atoms. The van der Waals surface area contributed by atoms with Crippen LogP contribution in [0.4, 0.5) is 5.82 Å². The molecule has 2 unspecified atom stereocenters. The van der Waals surface area contributed by atoms with Gasteiger partial charge in [0.1, 0.15) is 5.82 Å². The first kappa shape index (κ1) is 11.9. The fourth-order valence-electron chi connectivity index (χ4n) is 1.47. The first-order chi connectivity index (χ1) is 7.10. The predicted octanol–water partition coefficient (Wildman–Crippen LogP) is 0.512. The van der Waals surface area contributed by atoms with Crippen LogP contribution in [0.1, 0.15) is 24.1 Å². The number of nitrogens with two attached hydrogens (primary N) is 2. The monoisotopic (exact) mass is 210 g/mol. The van der Waals surface area contributed by atoms with Crippen molar-refractivity contribution in [2.24, 2.45) is 5.84 Å². The Kier molecular flexibility index (Phi) is 4.02. The van der Waals surface area contributed by atoms with Crippen LogP contribution >= 0.6 is 0 Å². The lowest BCUT2D eigenvalue weighted by Crippen LogP contribution is -2.36. The number of aromatic nitrogens is 1. The van der Waals surface area contributed by atoms with E-state index in [1.807, 2.05) is 19.9 Å². The molecule has 1 heterocycles. The molecule has 1 aromatic heterocycles. The van der Waals surface area contributed by atoms with Gasteiger partial charge in [0.05, 0.1) is 12.1 Å². The molecule has 0 fully saturated rings. The van der Waals surface area contributed by atoms with Crippen molar-refractivity contribution in [1.29, 1.82) is 0 Å². The third kappa shape index (κ3) is 2.65. The Hall–Kier alpha value is -1.17. The number of rotatable bonds is 4. The van der Waals surface area contributed by atoms with Crippen molar-refractivity contribution in [3.8, 4) is 0 Å². The summed E-state index contributed by atoms with van der Waals surface area (Å²) in [7, 11) is 1.63. The molecule has 15 heavy (non-hydrogen) atoms. The number of ether oxygens (including phenoxy) is 1. The van der Waals surface area contributed by atoms with Gasteiger partial charge in [-0.1, -0.05) is 0 Å². The van der Waals surface area contributed by atoms with Crippen LogP contribution in [0.5, 0.6) is 0 Å². The van der Waals surface area contributed by atoms with E-state index in [1.165, 1.54) is 0 Å². The molecule has 0 saturated heterocycles. The van der Waals surface area contributed by atoms with E-state index in [9.17, 15) is 0 Å². The van der Waals surface area contributed by atoms with Crippen LogP contribution < -0.4 is 17.0 Å². The molecule has 5 N–H and O–H groups in total. The molecule has 1 rings (SSSR count). The van der Waals surface area contributed by atoms with Gasteiger partial charge in [-0.3, -0.25) is 11.3 Å². The van der Waals surface area contributed by atoms with Crippen molar-refractivity contribution in [3.63, 3.8) is 0 Å². The standard InChI is InChI=1S/C10H18N4O/c1-6-4-8(10(11)13-5-6)9(14-12)7(2)15-3/h4-5,7,9,14H,12H2,1-3H3,(H2,11,13). The molecule has 0 radical (unpaired) electrons. The summed E-state index contributed by atoms with van der Waals surface area (Å²) in [6, 6.07) is 1.81. The average Bonchev–Trinajstić information content (AvgIpc) is 2.23. The van der Waals surface area contributed by atoms with Gasteiger partial charge in [-0.25, -0.2) is 4.98 Å². The van der Waals surface area contributed by atoms with Crippen molar-refractivity contribution in [1.82, 2.24) is 10.4 Å². The van der Waals surface area contributed by atoms with Gasteiger partial charge in [-0.05, 0) is 25.5 Å².